The molecule has 5 nitrogen and oxygen atoms in total. The predicted molar refractivity (Wildman–Crippen MR) is 99.7 cm³/mol. The molecule has 0 N–H and O–H groups in total. The second-order valence-electron chi connectivity index (χ2n) is 6.43. The molecule has 3 aromatic rings. The van der Waals surface area contributed by atoms with Gasteiger partial charge >= 0.3 is 0 Å². The first-order valence-corrected chi connectivity index (χ1v) is 9.71. The van der Waals surface area contributed by atoms with E-state index in [0.29, 0.717) is 11.3 Å². The van der Waals surface area contributed by atoms with Gasteiger partial charge in [0.15, 0.2) is 0 Å². The van der Waals surface area contributed by atoms with Crippen molar-refractivity contribution in [1.82, 2.24) is 4.57 Å². The van der Waals surface area contributed by atoms with Gasteiger partial charge in [0.05, 0.1) is 10.6 Å². The fourth-order valence-corrected chi connectivity index (χ4v) is 5.65. The topological polar surface area (TPSA) is 59.4 Å². The molecule has 0 bridgehead atoms. The van der Waals surface area contributed by atoms with Crippen molar-refractivity contribution in [3.05, 3.63) is 84.2 Å². The predicted octanol–water partition coefficient (Wildman–Crippen LogP) is 2.95. The van der Waals surface area contributed by atoms with Gasteiger partial charge in [-0.3, -0.25) is 4.79 Å². The molecule has 2 aromatic carbocycles. The lowest BCUT2D eigenvalue weighted by Crippen LogP contribution is -2.50. The zero-order chi connectivity index (χ0) is 18.5. The Morgan fingerprint density at radius 1 is 0.885 bits per heavy atom. The second-order valence-corrected chi connectivity index (χ2v) is 8.50. The molecule has 1 atom stereocenters. The third-order valence-electron chi connectivity index (χ3n) is 4.91. The lowest BCUT2D eigenvalue weighted by Gasteiger charge is -2.30. The van der Waals surface area contributed by atoms with Crippen molar-refractivity contribution in [2.75, 3.05) is 11.9 Å². The molecule has 6 heteroatoms. The van der Waals surface area contributed by atoms with Gasteiger partial charge in [-0.2, -0.15) is 0 Å². The Morgan fingerprint density at radius 3 is 2.15 bits per heavy atom. The molecule has 0 saturated heterocycles. The number of nitrogens with zero attached hydrogens (tertiary/aromatic N) is 2. The van der Waals surface area contributed by atoms with E-state index in [1.165, 1.54) is 9.47 Å². The zero-order valence-corrected chi connectivity index (χ0v) is 15.3. The lowest BCUT2D eigenvalue weighted by molar-refractivity contribution is -0.121. The summed E-state index contributed by atoms with van der Waals surface area (Å²) in [6.45, 7) is 1.89. The SMILES string of the molecule is Cc1ccc(S(=O)(=O)C2(n3cccc3)C(=O)N(C)c3ccccc32)cc1. The van der Waals surface area contributed by atoms with E-state index in [-0.39, 0.29) is 4.90 Å². The van der Waals surface area contributed by atoms with Crippen LogP contribution in [-0.2, 0) is 19.5 Å². The van der Waals surface area contributed by atoms with Crippen LogP contribution in [0.3, 0.4) is 0 Å². The van der Waals surface area contributed by atoms with Crippen LogP contribution in [0.25, 0.3) is 0 Å². The maximum Gasteiger partial charge on any atom is 0.274 e. The first kappa shape index (κ1) is 16.6. The highest BCUT2D eigenvalue weighted by molar-refractivity contribution is 7.93. The first-order valence-electron chi connectivity index (χ1n) is 8.23. The van der Waals surface area contributed by atoms with Gasteiger partial charge in [0, 0.05) is 25.0 Å². The van der Waals surface area contributed by atoms with Crippen molar-refractivity contribution >= 4 is 21.4 Å². The van der Waals surface area contributed by atoms with Crippen molar-refractivity contribution in [2.24, 2.45) is 0 Å². The third-order valence-corrected chi connectivity index (χ3v) is 7.19. The number of carbonyl (C=O) groups is 1. The van der Waals surface area contributed by atoms with Crippen LogP contribution in [0.15, 0.2) is 78.0 Å². The summed E-state index contributed by atoms with van der Waals surface area (Å²) < 4.78 is 29.1. The molecular formula is C20H18N2O3S. The molecule has 26 heavy (non-hydrogen) atoms. The third kappa shape index (κ3) is 1.96. The van der Waals surface area contributed by atoms with Crippen molar-refractivity contribution < 1.29 is 13.2 Å². The molecule has 1 aromatic heterocycles. The molecular weight excluding hydrogens is 348 g/mol. The highest BCUT2D eigenvalue weighted by atomic mass is 32.2. The number of para-hydroxylation sites is 1. The van der Waals surface area contributed by atoms with Crippen LogP contribution in [0.5, 0.6) is 0 Å². The molecule has 2 heterocycles. The smallest absolute Gasteiger partial charge is 0.274 e. The van der Waals surface area contributed by atoms with Crippen molar-refractivity contribution in [1.29, 1.82) is 0 Å². The summed E-state index contributed by atoms with van der Waals surface area (Å²) in [6.07, 6.45) is 3.25. The van der Waals surface area contributed by atoms with E-state index in [1.807, 2.05) is 6.92 Å². The summed E-state index contributed by atoms with van der Waals surface area (Å²) in [4.78, 5) is 13.1. The number of hydrogen-bond donors (Lipinski definition) is 0. The fraction of sp³-hybridized carbons (Fsp3) is 0.150. The number of likely N-dealkylation sites (N-methyl/N-ethyl adjacent to an activating group) is 1. The number of hydrogen-bond acceptors (Lipinski definition) is 3. The van der Waals surface area contributed by atoms with Crippen LogP contribution in [0.1, 0.15) is 11.1 Å². The maximum absolute atomic E-state index is 13.8. The Hall–Kier alpha value is -2.86. The van der Waals surface area contributed by atoms with E-state index < -0.39 is 20.6 Å². The Kier molecular flexibility index (Phi) is 3.56. The Labute approximate surface area is 152 Å². The minimum absolute atomic E-state index is 0.121. The monoisotopic (exact) mass is 366 g/mol. The van der Waals surface area contributed by atoms with Gasteiger partial charge in [-0.25, -0.2) is 8.42 Å². The number of sulfone groups is 1. The Balaban J connectivity index is 2.10. The molecule has 0 aliphatic carbocycles. The van der Waals surface area contributed by atoms with E-state index in [4.69, 9.17) is 0 Å². The summed E-state index contributed by atoms with van der Waals surface area (Å²) in [6, 6.07) is 17.1. The first-order chi connectivity index (χ1) is 12.4. The Morgan fingerprint density at radius 2 is 1.50 bits per heavy atom. The second kappa shape index (κ2) is 5.57. The lowest BCUT2D eigenvalue weighted by atomic mass is 10.1. The van der Waals surface area contributed by atoms with Crippen LogP contribution in [0, 0.1) is 6.92 Å². The van der Waals surface area contributed by atoms with Crippen LogP contribution < -0.4 is 4.90 Å². The van der Waals surface area contributed by atoms with Gasteiger partial charge in [-0.15, -0.1) is 0 Å². The van der Waals surface area contributed by atoms with Crippen molar-refractivity contribution in [3.8, 4) is 0 Å². The van der Waals surface area contributed by atoms with E-state index in [9.17, 15) is 13.2 Å². The number of fused-ring (bicyclic) bond motifs is 1. The number of amides is 1. The summed E-state index contributed by atoms with van der Waals surface area (Å²) in [5.41, 5.74) is 2.01. The molecule has 1 amide bonds. The average molecular weight is 366 g/mol. The number of aromatic nitrogens is 1. The number of benzene rings is 2. The Bertz CT molecular complexity index is 1090. The van der Waals surface area contributed by atoms with Crippen LogP contribution in [-0.4, -0.2) is 25.9 Å². The number of anilines is 1. The van der Waals surface area contributed by atoms with Crippen LogP contribution in [0.2, 0.25) is 0 Å². The minimum Gasteiger partial charge on any atom is -0.323 e. The summed E-state index contributed by atoms with van der Waals surface area (Å²) in [5.74, 6) is -0.490. The van der Waals surface area contributed by atoms with E-state index in [1.54, 1.807) is 80.1 Å². The number of carbonyl (C=O) groups excluding carboxylic acids is 1. The van der Waals surface area contributed by atoms with E-state index >= 15 is 0 Å². The van der Waals surface area contributed by atoms with Crippen LogP contribution >= 0.6 is 0 Å². The van der Waals surface area contributed by atoms with Gasteiger partial charge < -0.3 is 9.47 Å². The molecule has 132 valence electrons. The quantitative estimate of drug-likeness (QED) is 0.716. The number of rotatable bonds is 3. The molecule has 0 saturated carbocycles. The largest absolute Gasteiger partial charge is 0.323 e. The molecule has 0 radical (unpaired) electrons. The standard InChI is InChI=1S/C20H18N2O3S/c1-15-9-11-16(12-10-15)26(24,25)20(22-13-5-6-14-22)17-7-3-4-8-18(17)21(2)19(20)23/h3-14H,1-2H3. The van der Waals surface area contributed by atoms with E-state index in [0.717, 1.165) is 5.56 Å². The summed E-state index contributed by atoms with van der Waals surface area (Å²) in [7, 11) is -2.46. The van der Waals surface area contributed by atoms with E-state index in [2.05, 4.69) is 0 Å². The highest BCUT2D eigenvalue weighted by Gasteiger charge is 2.60. The molecule has 1 unspecified atom stereocenters. The summed E-state index contributed by atoms with van der Waals surface area (Å²) in [5, 5.41) is 0. The maximum atomic E-state index is 13.8. The number of aryl methyl sites for hydroxylation is 1. The van der Waals surface area contributed by atoms with Gasteiger partial charge in [-0.1, -0.05) is 35.9 Å². The zero-order valence-electron chi connectivity index (χ0n) is 14.5. The molecule has 0 fully saturated rings. The van der Waals surface area contributed by atoms with Gasteiger partial charge in [-0.05, 0) is 37.3 Å². The van der Waals surface area contributed by atoms with Crippen LogP contribution in [0.4, 0.5) is 5.69 Å². The highest BCUT2D eigenvalue weighted by Crippen LogP contribution is 2.48. The molecule has 4 rings (SSSR count). The van der Waals surface area contributed by atoms with Gasteiger partial charge in [0.25, 0.3) is 10.8 Å². The summed E-state index contributed by atoms with van der Waals surface area (Å²) >= 11 is 0. The fourth-order valence-electron chi connectivity index (χ4n) is 3.59. The average Bonchev–Trinajstić information content (AvgIpc) is 3.23. The van der Waals surface area contributed by atoms with Crippen molar-refractivity contribution in [2.45, 2.75) is 16.7 Å². The molecule has 0 spiro atoms. The normalized spacial score (nSPS) is 19.6. The molecule has 1 aliphatic heterocycles. The molecule has 1 aliphatic rings. The van der Waals surface area contributed by atoms with Gasteiger partial charge in [0.1, 0.15) is 0 Å². The van der Waals surface area contributed by atoms with Crippen molar-refractivity contribution in [3.63, 3.8) is 0 Å². The minimum atomic E-state index is -4.06. The van der Waals surface area contributed by atoms with Gasteiger partial charge in [0.2, 0.25) is 9.84 Å².